The Bertz CT molecular complexity index is 3400. The largest absolute Gasteiger partial charge is 0.309 e. The standard InChI is InChI=1S/C58H44N2S/c1-3-17-39(18-4-1)44-26-13-19-41-20-14-28-47(56(41)44)46-23-7-10-29-50(46)60(53-32-16-34-55-58(53)49-25-9-12-33-54(49)61-55)43-37-35-40(36-38-43)45-27-15-31-52-57(45)48-24-8-11-30-51(48)59(52)42-21-5-2-6-22-42/h2,5-16,19-39H,1,3-4,17-18H2. The third kappa shape index (κ3) is 5.98. The van der Waals surface area contributed by atoms with Gasteiger partial charge in [0.05, 0.1) is 22.4 Å². The van der Waals surface area contributed by atoms with Crippen LogP contribution in [0.2, 0.25) is 0 Å². The normalized spacial score (nSPS) is 13.5. The van der Waals surface area contributed by atoms with Crippen molar-refractivity contribution in [3.8, 4) is 27.9 Å². The highest BCUT2D eigenvalue weighted by Gasteiger charge is 2.25. The molecule has 2 heterocycles. The number of rotatable bonds is 7. The van der Waals surface area contributed by atoms with Crippen LogP contribution in [0.5, 0.6) is 0 Å². The van der Waals surface area contributed by atoms with Crippen LogP contribution >= 0.6 is 11.3 Å². The van der Waals surface area contributed by atoms with E-state index < -0.39 is 0 Å². The number of thiophene rings is 1. The molecule has 2 nitrogen and oxygen atoms in total. The van der Waals surface area contributed by atoms with Gasteiger partial charge in [0.15, 0.2) is 0 Å². The molecule has 1 saturated carbocycles. The van der Waals surface area contributed by atoms with E-state index in [-0.39, 0.29) is 0 Å². The minimum absolute atomic E-state index is 0.589. The third-order valence-corrected chi connectivity index (χ3v) is 14.3. The van der Waals surface area contributed by atoms with Crippen molar-refractivity contribution in [2.75, 3.05) is 4.90 Å². The molecular formula is C58H44N2S. The van der Waals surface area contributed by atoms with E-state index in [1.807, 2.05) is 11.3 Å². The molecule has 0 bridgehead atoms. The Morgan fingerprint density at radius 1 is 0.426 bits per heavy atom. The lowest BCUT2D eigenvalue weighted by atomic mass is 9.80. The van der Waals surface area contributed by atoms with E-state index in [0.717, 1.165) is 5.69 Å². The summed E-state index contributed by atoms with van der Waals surface area (Å²) in [5.74, 6) is 0.589. The van der Waals surface area contributed by atoms with Gasteiger partial charge in [0.1, 0.15) is 0 Å². The molecule has 11 aromatic rings. The van der Waals surface area contributed by atoms with Crippen molar-refractivity contribution >= 4 is 81.1 Å². The molecule has 292 valence electrons. The van der Waals surface area contributed by atoms with Crippen molar-refractivity contribution in [3.05, 3.63) is 206 Å². The van der Waals surface area contributed by atoms with Crippen molar-refractivity contribution in [2.24, 2.45) is 0 Å². The van der Waals surface area contributed by atoms with Crippen LogP contribution in [-0.2, 0) is 0 Å². The molecule has 12 rings (SSSR count). The minimum Gasteiger partial charge on any atom is -0.309 e. The Morgan fingerprint density at radius 3 is 1.93 bits per heavy atom. The summed E-state index contributed by atoms with van der Waals surface area (Å²) in [4.78, 5) is 2.53. The van der Waals surface area contributed by atoms with E-state index in [1.165, 1.54) is 130 Å². The predicted octanol–water partition coefficient (Wildman–Crippen LogP) is 17.2. The van der Waals surface area contributed by atoms with Gasteiger partial charge in [0.25, 0.3) is 0 Å². The van der Waals surface area contributed by atoms with Gasteiger partial charge >= 0.3 is 0 Å². The van der Waals surface area contributed by atoms with Crippen LogP contribution in [0, 0.1) is 0 Å². The summed E-state index contributed by atoms with van der Waals surface area (Å²) in [6.07, 6.45) is 6.50. The maximum Gasteiger partial charge on any atom is 0.0555 e. The SMILES string of the molecule is c1ccc(-n2c3ccccc3c3c(-c4ccc(N(c5ccccc5-c5cccc6cccc(C7CCCCC7)c56)c5cccc6sc7ccccc7c56)cc4)cccc32)cc1. The van der Waals surface area contributed by atoms with E-state index >= 15 is 0 Å². The predicted molar refractivity (Wildman–Crippen MR) is 263 cm³/mol. The van der Waals surface area contributed by atoms with Crippen LogP contribution in [-0.4, -0.2) is 4.57 Å². The second-order valence-electron chi connectivity index (χ2n) is 16.6. The van der Waals surface area contributed by atoms with Gasteiger partial charge in [0, 0.05) is 47.9 Å². The maximum atomic E-state index is 2.53. The van der Waals surface area contributed by atoms with Crippen molar-refractivity contribution in [1.29, 1.82) is 0 Å². The number of hydrogen-bond donors (Lipinski definition) is 0. The van der Waals surface area contributed by atoms with Gasteiger partial charge in [-0.25, -0.2) is 0 Å². The van der Waals surface area contributed by atoms with Gasteiger partial charge in [-0.1, -0.05) is 159 Å². The first-order valence-electron chi connectivity index (χ1n) is 21.8. The van der Waals surface area contributed by atoms with E-state index in [4.69, 9.17) is 0 Å². The van der Waals surface area contributed by atoms with Gasteiger partial charge in [-0.15, -0.1) is 11.3 Å². The number of nitrogens with zero attached hydrogens (tertiary/aromatic N) is 2. The molecule has 0 atom stereocenters. The fourth-order valence-electron chi connectivity index (χ4n) is 10.5. The molecule has 0 amide bonds. The Labute approximate surface area is 360 Å². The molecule has 2 aromatic heterocycles. The second kappa shape index (κ2) is 15.0. The highest BCUT2D eigenvalue weighted by atomic mass is 32.1. The molecule has 61 heavy (non-hydrogen) atoms. The molecule has 3 heteroatoms. The number of benzene rings is 9. The minimum atomic E-state index is 0.589. The Morgan fingerprint density at radius 2 is 1.07 bits per heavy atom. The van der Waals surface area contributed by atoms with E-state index in [0.29, 0.717) is 5.92 Å². The molecule has 0 aliphatic heterocycles. The lowest BCUT2D eigenvalue weighted by Crippen LogP contribution is -2.12. The van der Waals surface area contributed by atoms with E-state index in [1.54, 1.807) is 0 Å². The van der Waals surface area contributed by atoms with Gasteiger partial charge < -0.3 is 9.47 Å². The molecule has 0 spiro atoms. The number of aromatic nitrogens is 1. The molecule has 0 unspecified atom stereocenters. The van der Waals surface area contributed by atoms with Gasteiger partial charge in [-0.05, 0) is 112 Å². The zero-order valence-corrected chi connectivity index (χ0v) is 34.8. The fourth-order valence-corrected chi connectivity index (χ4v) is 11.6. The molecule has 1 fully saturated rings. The first-order chi connectivity index (χ1) is 30.3. The zero-order valence-electron chi connectivity index (χ0n) is 34.0. The Kier molecular flexibility index (Phi) is 8.82. The number of para-hydroxylation sites is 3. The van der Waals surface area contributed by atoms with Crippen LogP contribution in [0.25, 0.3) is 80.7 Å². The summed E-state index contributed by atoms with van der Waals surface area (Å²) in [7, 11) is 0. The second-order valence-corrected chi connectivity index (χ2v) is 17.7. The fraction of sp³-hybridized carbons (Fsp3) is 0.103. The van der Waals surface area contributed by atoms with Gasteiger partial charge in [-0.3, -0.25) is 0 Å². The summed E-state index contributed by atoms with van der Waals surface area (Å²) in [6, 6.07) is 74.4. The Hall–Kier alpha value is -6.94. The number of hydrogen-bond acceptors (Lipinski definition) is 2. The van der Waals surface area contributed by atoms with Crippen molar-refractivity contribution in [2.45, 2.75) is 38.0 Å². The first-order valence-corrected chi connectivity index (χ1v) is 22.6. The van der Waals surface area contributed by atoms with Crippen molar-refractivity contribution in [3.63, 3.8) is 0 Å². The van der Waals surface area contributed by atoms with Gasteiger partial charge in [-0.2, -0.15) is 0 Å². The average molecular weight is 801 g/mol. The van der Waals surface area contributed by atoms with Crippen LogP contribution < -0.4 is 4.90 Å². The highest BCUT2D eigenvalue weighted by molar-refractivity contribution is 7.26. The van der Waals surface area contributed by atoms with Crippen LogP contribution in [0.1, 0.15) is 43.6 Å². The monoisotopic (exact) mass is 800 g/mol. The molecular weight excluding hydrogens is 757 g/mol. The van der Waals surface area contributed by atoms with Crippen molar-refractivity contribution < 1.29 is 0 Å². The summed E-state index contributed by atoms with van der Waals surface area (Å²) in [6.45, 7) is 0. The highest BCUT2D eigenvalue weighted by Crippen LogP contribution is 2.49. The summed E-state index contributed by atoms with van der Waals surface area (Å²) >= 11 is 1.88. The number of anilines is 3. The maximum absolute atomic E-state index is 2.53. The lowest BCUT2D eigenvalue weighted by molar-refractivity contribution is 0.445. The van der Waals surface area contributed by atoms with E-state index in [2.05, 4.69) is 210 Å². The van der Waals surface area contributed by atoms with Gasteiger partial charge in [0.2, 0.25) is 0 Å². The third-order valence-electron chi connectivity index (χ3n) is 13.2. The topological polar surface area (TPSA) is 8.17 Å². The van der Waals surface area contributed by atoms with E-state index in [9.17, 15) is 0 Å². The number of fused-ring (bicyclic) bond motifs is 7. The van der Waals surface area contributed by atoms with Crippen LogP contribution in [0.4, 0.5) is 17.1 Å². The van der Waals surface area contributed by atoms with Crippen LogP contribution in [0.15, 0.2) is 200 Å². The molecule has 0 N–H and O–H groups in total. The average Bonchev–Trinajstić information content (AvgIpc) is 3.89. The molecule has 9 aromatic carbocycles. The molecule has 1 aliphatic rings. The summed E-state index contributed by atoms with van der Waals surface area (Å²) < 4.78 is 5.01. The molecule has 1 aliphatic carbocycles. The molecule has 0 radical (unpaired) electrons. The molecule has 0 saturated heterocycles. The van der Waals surface area contributed by atoms with Crippen molar-refractivity contribution in [1.82, 2.24) is 4.57 Å². The quantitative estimate of drug-likeness (QED) is 0.156. The Balaban J connectivity index is 1.07. The summed E-state index contributed by atoms with van der Waals surface area (Å²) in [5, 5.41) is 7.85. The first kappa shape index (κ1) is 36.0. The lowest BCUT2D eigenvalue weighted by Gasteiger charge is -2.30. The smallest absolute Gasteiger partial charge is 0.0555 e. The summed E-state index contributed by atoms with van der Waals surface area (Å²) in [5.41, 5.74) is 13.6. The van der Waals surface area contributed by atoms with Crippen LogP contribution in [0.3, 0.4) is 0 Å². The zero-order chi connectivity index (χ0) is 40.3.